The molecule has 2 unspecified atom stereocenters. The fourth-order valence-electron chi connectivity index (χ4n) is 3.00. The number of nitrogen functional groups attached to an aromatic ring is 1. The molecule has 0 bridgehead atoms. The Labute approximate surface area is 113 Å². The number of morpholine rings is 1. The lowest BCUT2D eigenvalue weighted by molar-refractivity contribution is -0.0241. The van der Waals surface area contributed by atoms with E-state index in [4.69, 9.17) is 10.5 Å². The van der Waals surface area contributed by atoms with Crippen molar-refractivity contribution in [2.75, 3.05) is 18.9 Å². The van der Waals surface area contributed by atoms with E-state index in [1.807, 2.05) is 0 Å². The summed E-state index contributed by atoms with van der Waals surface area (Å²) >= 11 is 0. The monoisotopic (exact) mass is 282 g/mol. The Kier molecular flexibility index (Phi) is 3.24. The number of sulfonamides is 1. The number of fused-ring (bicyclic) bond motifs is 1. The van der Waals surface area contributed by atoms with Crippen LogP contribution >= 0.6 is 0 Å². The van der Waals surface area contributed by atoms with Crippen molar-refractivity contribution in [3.05, 3.63) is 24.3 Å². The molecular weight excluding hydrogens is 264 g/mol. The van der Waals surface area contributed by atoms with Crippen molar-refractivity contribution >= 4 is 15.7 Å². The maximum absolute atomic E-state index is 12.7. The number of nitrogens with two attached hydrogens (primary N) is 1. The summed E-state index contributed by atoms with van der Waals surface area (Å²) in [5, 5.41) is 0. The predicted octanol–water partition coefficient (Wildman–Crippen LogP) is 1.21. The number of anilines is 1. The van der Waals surface area contributed by atoms with E-state index < -0.39 is 10.0 Å². The zero-order valence-electron chi connectivity index (χ0n) is 10.7. The van der Waals surface area contributed by atoms with Crippen LogP contribution in [0.4, 0.5) is 5.69 Å². The van der Waals surface area contributed by atoms with E-state index in [2.05, 4.69) is 0 Å². The Balaban J connectivity index is 1.95. The van der Waals surface area contributed by atoms with E-state index in [1.54, 1.807) is 22.5 Å². The van der Waals surface area contributed by atoms with Crippen LogP contribution in [0.25, 0.3) is 0 Å². The molecule has 0 amide bonds. The number of nitrogens with zero attached hydrogens (tertiary/aromatic N) is 1. The van der Waals surface area contributed by atoms with Crippen molar-refractivity contribution in [2.45, 2.75) is 36.3 Å². The smallest absolute Gasteiger partial charge is 0.243 e. The SMILES string of the molecule is Nc1cccc(S(=O)(=O)N2CCOC3CCCC32)c1. The molecule has 2 atom stereocenters. The quantitative estimate of drug-likeness (QED) is 0.828. The molecule has 1 saturated heterocycles. The Morgan fingerprint density at radius 1 is 1.32 bits per heavy atom. The summed E-state index contributed by atoms with van der Waals surface area (Å²) in [7, 11) is -3.47. The van der Waals surface area contributed by atoms with Gasteiger partial charge in [-0.15, -0.1) is 0 Å². The van der Waals surface area contributed by atoms with E-state index in [0.29, 0.717) is 18.8 Å². The standard InChI is InChI=1S/C13H18N2O3S/c14-10-3-1-4-11(9-10)19(16,17)15-7-8-18-13-6-2-5-12(13)15/h1,3-4,9,12-13H,2,5-8,14H2. The third kappa shape index (κ3) is 2.24. The minimum absolute atomic E-state index is 0.0137. The van der Waals surface area contributed by atoms with Gasteiger partial charge in [0, 0.05) is 12.2 Å². The molecule has 2 N–H and O–H groups in total. The zero-order chi connectivity index (χ0) is 13.5. The molecule has 1 aromatic carbocycles. The molecule has 2 aliphatic rings. The molecule has 1 aliphatic carbocycles. The highest BCUT2D eigenvalue weighted by Crippen LogP contribution is 2.33. The molecule has 1 aromatic rings. The lowest BCUT2D eigenvalue weighted by Gasteiger charge is -2.36. The number of hydrogen-bond donors (Lipinski definition) is 1. The normalized spacial score (nSPS) is 28.2. The van der Waals surface area contributed by atoms with Gasteiger partial charge in [-0.25, -0.2) is 8.42 Å². The van der Waals surface area contributed by atoms with Crippen LogP contribution in [0.5, 0.6) is 0 Å². The number of rotatable bonds is 2. The number of hydrogen-bond acceptors (Lipinski definition) is 4. The largest absolute Gasteiger partial charge is 0.399 e. The van der Waals surface area contributed by atoms with Crippen LogP contribution in [-0.2, 0) is 14.8 Å². The van der Waals surface area contributed by atoms with Gasteiger partial charge >= 0.3 is 0 Å². The average Bonchev–Trinajstić information content (AvgIpc) is 2.86. The van der Waals surface area contributed by atoms with Crippen molar-refractivity contribution in [1.29, 1.82) is 0 Å². The van der Waals surface area contributed by atoms with Gasteiger partial charge in [-0.3, -0.25) is 0 Å². The van der Waals surface area contributed by atoms with Crippen LogP contribution in [0.3, 0.4) is 0 Å². The first-order chi connectivity index (χ1) is 9.09. The van der Waals surface area contributed by atoms with E-state index in [0.717, 1.165) is 19.3 Å². The van der Waals surface area contributed by atoms with Crippen LogP contribution < -0.4 is 5.73 Å². The third-order valence-electron chi connectivity index (χ3n) is 3.90. The molecular formula is C13H18N2O3S. The van der Waals surface area contributed by atoms with Crippen LogP contribution in [0.15, 0.2) is 29.2 Å². The van der Waals surface area contributed by atoms with Gasteiger partial charge in [0.1, 0.15) is 0 Å². The number of benzene rings is 1. The van der Waals surface area contributed by atoms with Gasteiger partial charge < -0.3 is 10.5 Å². The highest BCUT2D eigenvalue weighted by Gasteiger charge is 2.42. The van der Waals surface area contributed by atoms with Gasteiger partial charge in [-0.2, -0.15) is 4.31 Å². The van der Waals surface area contributed by atoms with Crippen LogP contribution in [0, 0.1) is 0 Å². The molecule has 0 aromatic heterocycles. The van der Waals surface area contributed by atoms with Crippen LogP contribution in [-0.4, -0.2) is 38.0 Å². The molecule has 0 radical (unpaired) electrons. The molecule has 3 rings (SSSR count). The Morgan fingerprint density at radius 2 is 2.16 bits per heavy atom. The topological polar surface area (TPSA) is 72.6 Å². The first-order valence-electron chi connectivity index (χ1n) is 6.58. The van der Waals surface area contributed by atoms with Crippen LogP contribution in [0.1, 0.15) is 19.3 Å². The Morgan fingerprint density at radius 3 is 2.95 bits per heavy atom. The van der Waals surface area contributed by atoms with Crippen molar-refractivity contribution < 1.29 is 13.2 Å². The highest BCUT2D eigenvalue weighted by atomic mass is 32.2. The second-order valence-corrected chi connectivity index (χ2v) is 6.99. The summed E-state index contributed by atoms with van der Waals surface area (Å²) in [4.78, 5) is 0.278. The Hall–Kier alpha value is -1.11. The van der Waals surface area contributed by atoms with Gasteiger partial charge in [0.25, 0.3) is 0 Å². The molecule has 5 nitrogen and oxygen atoms in total. The second-order valence-electron chi connectivity index (χ2n) is 5.10. The number of ether oxygens (including phenoxy) is 1. The van der Waals surface area contributed by atoms with E-state index >= 15 is 0 Å². The van der Waals surface area contributed by atoms with Crippen LogP contribution in [0.2, 0.25) is 0 Å². The van der Waals surface area contributed by atoms with Gasteiger partial charge in [0.05, 0.1) is 23.6 Å². The molecule has 1 aliphatic heterocycles. The minimum Gasteiger partial charge on any atom is -0.399 e. The summed E-state index contributed by atoms with van der Waals surface area (Å²) < 4.78 is 32.7. The molecule has 19 heavy (non-hydrogen) atoms. The van der Waals surface area contributed by atoms with Gasteiger partial charge in [-0.1, -0.05) is 6.07 Å². The van der Waals surface area contributed by atoms with E-state index in [-0.39, 0.29) is 17.0 Å². The van der Waals surface area contributed by atoms with Crippen molar-refractivity contribution in [2.24, 2.45) is 0 Å². The summed E-state index contributed by atoms with van der Waals surface area (Å²) in [6, 6.07) is 6.48. The van der Waals surface area contributed by atoms with Gasteiger partial charge in [0.15, 0.2) is 0 Å². The Bertz CT molecular complexity index is 573. The molecule has 104 valence electrons. The molecule has 6 heteroatoms. The zero-order valence-corrected chi connectivity index (χ0v) is 11.5. The first-order valence-corrected chi connectivity index (χ1v) is 8.02. The lowest BCUT2D eigenvalue weighted by Crippen LogP contribution is -2.51. The van der Waals surface area contributed by atoms with Crippen molar-refractivity contribution in [3.63, 3.8) is 0 Å². The van der Waals surface area contributed by atoms with Crippen molar-refractivity contribution in [3.8, 4) is 0 Å². The predicted molar refractivity (Wildman–Crippen MR) is 72.1 cm³/mol. The van der Waals surface area contributed by atoms with Crippen molar-refractivity contribution in [1.82, 2.24) is 4.31 Å². The summed E-state index contributed by atoms with van der Waals surface area (Å²) in [6.07, 6.45) is 2.92. The minimum atomic E-state index is -3.47. The third-order valence-corrected chi connectivity index (χ3v) is 5.82. The molecule has 1 saturated carbocycles. The summed E-state index contributed by atoms with van der Waals surface area (Å²) in [5.41, 5.74) is 6.15. The van der Waals surface area contributed by atoms with Gasteiger partial charge in [0.2, 0.25) is 10.0 Å². The molecule has 0 spiro atoms. The van der Waals surface area contributed by atoms with E-state index in [9.17, 15) is 8.42 Å². The first kappa shape index (κ1) is 12.9. The fraction of sp³-hybridized carbons (Fsp3) is 0.538. The summed E-state index contributed by atoms with van der Waals surface area (Å²) in [6.45, 7) is 0.904. The maximum atomic E-state index is 12.7. The molecule has 2 fully saturated rings. The van der Waals surface area contributed by atoms with E-state index in [1.165, 1.54) is 6.07 Å². The van der Waals surface area contributed by atoms with Gasteiger partial charge in [-0.05, 0) is 37.5 Å². The lowest BCUT2D eigenvalue weighted by atomic mass is 10.2. The summed E-state index contributed by atoms with van der Waals surface area (Å²) in [5.74, 6) is 0. The fourth-order valence-corrected chi connectivity index (χ4v) is 4.72. The maximum Gasteiger partial charge on any atom is 0.243 e. The average molecular weight is 282 g/mol. The second kappa shape index (κ2) is 4.77. The molecule has 1 heterocycles. The highest BCUT2D eigenvalue weighted by molar-refractivity contribution is 7.89.